The molecule has 178 valence electrons. The van der Waals surface area contributed by atoms with Crippen LogP contribution < -0.4 is 10.6 Å². The lowest BCUT2D eigenvalue weighted by Gasteiger charge is -2.34. The third-order valence-corrected chi connectivity index (χ3v) is 7.75. The summed E-state index contributed by atoms with van der Waals surface area (Å²) in [5, 5.41) is 5.13. The number of rotatable bonds is 8. The molecule has 1 fully saturated rings. The summed E-state index contributed by atoms with van der Waals surface area (Å²) in [5.74, 6) is -1.83. The van der Waals surface area contributed by atoms with E-state index in [1.54, 1.807) is 36.4 Å². The highest BCUT2D eigenvalue weighted by molar-refractivity contribution is 7.89. The van der Waals surface area contributed by atoms with E-state index in [1.807, 2.05) is 6.92 Å². The maximum absolute atomic E-state index is 13.1. The average Bonchev–Trinajstić information content (AvgIpc) is 2.80. The van der Waals surface area contributed by atoms with Gasteiger partial charge >= 0.3 is 11.8 Å². The molecule has 2 N–H and O–H groups in total. The Morgan fingerprint density at radius 1 is 0.970 bits per heavy atom. The molecule has 0 aliphatic carbocycles. The van der Waals surface area contributed by atoms with Crippen molar-refractivity contribution in [1.82, 2.24) is 14.9 Å². The van der Waals surface area contributed by atoms with Crippen LogP contribution in [-0.4, -0.2) is 50.2 Å². The fourth-order valence-electron chi connectivity index (χ4n) is 3.91. The second-order valence-electron chi connectivity index (χ2n) is 8.26. The van der Waals surface area contributed by atoms with E-state index in [0.29, 0.717) is 25.8 Å². The number of carbonyl (C=O) groups is 2. The standard InChI is InChI=1S/C24H30FN3O4S/c1-18-5-11-22(12-6-18)33(31,32)28-17-3-2-4-21(28)14-16-27-24(30)23(29)26-15-13-19-7-9-20(25)10-8-19/h5-12,21H,2-4,13-17H2,1H3,(H,26,29)(H,27,30)/t21-/m1/s1. The van der Waals surface area contributed by atoms with Gasteiger partial charge in [0.25, 0.3) is 0 Å². The van der Waals surface area contributed by atoms with Crippen molar-refractivity contribution in [3.05, 3.63) is 65.5 Å². The van der Waals surface area contributed by atoms with Crippen LogP contribution in [0.3, 0.4) is 0 Å². The summed E-state index contributed by atoms with van der Waals surface area (Å²) in [6, 6.07) is 12.5. The minimum absolute atomic E-state index is 0.203. The van der Waals surface area contributed by atoms with Gasteiger partial charge < -0.3 is 10.6 Å². The van der Waals surface area contributed by atoms with Crippen LogP contribution in [0.5, 0.6) is 0 Å². The van der Waals surface area contributed by atoms with Crippen molar-refractivity contribution in [2.24, 2.45) is 0 Å². The lowest BCUT2D eigenvalue weighted by molar-refractivity contribution is -0.139. The summed E-state index contributed by atoms with van der Waals surface area (Å²) >= 11 is 0. The Morgan fingerprint density at radius 2 is 1.61 bits per heavy atom. The highest BCUT2D eigenvalue weighted by Crippen LogP contribution is 2.27. The minimum Gasteiger partial charge on any atom is -0.348 e. The molecular formula is C24H30FN3O4S. The van der Waals surface area contributed by atoms with E-state index < -0.39 is 21.8 Å². The molecule has 0 saturated carbocycles. The molecule has 9 heteroatoms. The van der Waals surface area contributed by atoms with Crippen molar-refractivity contribution >= 4 is 21.8 Å². The van der Waals surface area contributed by atoms with Gasteiger partial charge in [0.05, 0.1) is 4.90 Å². The van der Waals surface area contributed by atoms with Crippen LogP contribution in [-0.2, 0) is 26.0 Å². The van der Waals surface area contributed by atoms with E-state index in [-0.39, 0.29) is 29.8 Å². The van der Waals surface area contributed by atoms with Crippen LogP contribution >= 0.6 is 0 Å². The number of sulfonamides is 1. The summed E-state index contributed by atoms with van der Waals surface area (Å²) in [6.07, 6.45) is 3.34. The second kappa shape index (κ2) is 11.4. The van der Waals surface area contributed by atoms with Crippen molar-refractivity contribution in [3.63, 3.8) is 0 Å². The van der Waals surface area contributed by atoms with Crippen molar-refractivity contribution in [2.75, 3.05) is 19.6 Å². The number of piperidine rings is 1. The molecule has 33 heavy (non-hydrogen) atoms. The highest BCUT2D eigenvalue weighted by atomic mass is 32.2. The molecular weight excluding hydrogens is 445 g/mol. The summed E-state index contributed by atoms with van der Waals surface area (Å²) in [5.41, 5.74) is 1.84. The number of carbonyl (C=O) groups excluding carboxylic acids is 2. The number of hydrogen-bond donors (Lipinski definition) is 2. The molecule has 0 radical (unpaired) electrons. The van der Waals surface area contributed by atoms with Crippen LogP contribution in [0.15, 0.2) is 53.4 Å². The fourth-order valence-corrected chi connectivity index (χ4v) is 5.63. The SMILES string of the molecule is Cc1ccc(S(=O)(=O)N2CCCC[C@@H]2CCNC(=O)C(=O)NCCc2ccc(F)cc2)cc1. The molecule has 0 bridgehead atoms. The molecule has 2 aromatic rings. The zero-order valence-corrected chi connectivity index (χ0v) is 19.5. The fraction of sp³-hybridized carbons (Fsp3) is 0.417. The Hall–Kier alpha value is -2.78. The molecule has 1 saturated heterocycles. The molecule has 0 spiro atoms. The van der Waals surface area contributed by atoms with E-state index in [9.17, 15) is 22.4 Å². The zero-order valence-electron chi connectivity index (χ0n) is 18.7. The molecule has 0 aromatic heterocycles. The first-order valence-electron chi connectivity index (χ1n) is 11.2. The topological polar surface area (TPSA) is 95.6 Å². The normalized spacial score (nSPS) is 16.8. The molecule has 3 rings (SSSR count). The van der Waals surface area contributed by atoms with Crippen LogP contribution in [0, 0.1) is 12.7 Å². The Balaban J connectivity index is 1.47. The van der Waals surface area contributed by atoms with Crippen LogP contribution in [0.25, 0.3) is 0 Å². The van der Waals surface area contributed by atoms with Crippen LogP contribution in [0.4, 0.5) is 4.39 Å². The van der Waals surface area contributed by atoms with Gasteiger partial charge in [-0.2, -0.15) is 4.31 Å². The maximum atomic E-state index is 13.1. The quantitative estimate of drug-likeness (QED) is 0.574. The number of amides is 2. The van der Waals surface area contributed by atoms with E-state index in [4.69, 9.17) is 0 Å². The first kappa shape index (κ1) is 24.9. The lowest BCUT2D eigenvalue weighted by Crippen LogP contribution is -2.46. The number of aryl methyl sites for hydroxylation is 1. The second-order valence-corrected chi connectivity index (χ2v) is 10.1. The first-order valence-corrected chi connectivity index (χ1v) is 12.6. The Morgan fingerprint density at radius 3 is 2.27 bits per heavy atom. The first-order chi connectivity index (χ1) is 15.8. The van der Waals surface area contributed by atoms with Gasteiger partial charge in [0.2, 0.25) is 10.0 Å². The Bertz CT molecular complexity index is 1060. The summed E-state index contributed by atoms with van der Waals surface area (Å²) in [6.45, 7) is 2.80. The van der Waals surface area contributed by atoms with E-state index in [2.05, 4.69) is 10.6 Å². The van der Waals surface area contributed by atoms with Gasteiger partial charge in [-0.25, -0.2) is 12.8 Å². The largest absolute Gasteiger partial charge is 0.348 e. The monoisotopic (exact) mass is 475 g/mol. The third-order valence-electron chi connectivity index (χ3n) is 5.78. The Kier molecular flexibility index (Phi) is 8.57. The molecule has 1 aliphatic heterocycles. The predicted molar refractivity (Wildman–Crippen MR) is 123 cm³/mol. The number of nitrogens with one attached hydrogen (secondary N) is 2. The highest BCUT2D eigenvalue weighted by Gasteiger charge is 2.33. The molecule has 2 aromatic carbocycles. The molecule has 1 atom stereocenters. The zero-order chi connectivity index (χ0) is 23.8. The summed E-state index contributed by atoms with van der Waals surface area (Å²) < 4.78 is 40.7. The van der Waals surface area contributed by atoms with Gasteiger partial charge in [0.1, 0.15) is 5.82 Å². The van der Waals surface area contributed by atoms with E-state index in [1.165, 1.54) is 16.4 Å². The number of nitrogens with zero attached hydrogens (tertiary/aromatic N) is 1. The number of halogens is 1. The lowest BCUT2D eigenvalue weighted by atomic mass is 10.0. The third kappa shape index (κ3) is 6.85. The van der Waals surface area contributed by atoms with Crippen molar-refractivity contribution in [1.29, 1.82) is 0 Å². The predicted octanol–water partition coefficient (Wildman–Crippen LogP) is 2.54. The molecule has 1 heterocycles. The van der Waals surface area contributed by atoms with Gasteiger partial charge in [-0.05, 0) is 62.4 Å². The van der Waals surface area contributed by atoms with Crippen molar-refractivity contribution in [3.8, 4) is 0 Å². The van der Waals surface area contributed by atoms with Crippen LogP contribution in [0.1, 0.15) is 36.8 Å². The molecule has 7 nitrogen and oxygen atoms in total. The summed E-state index contributed by atoms with van der Waals surface area (Å²) in [7, 11) is -3.62. The van der Waals surface area contributed by atoms with Gasteiger partial charge in [0.15, 0.2) is 0 Å². The minimum atomic E-state index is -3.62. The molecule has 1 aliphatic rings. The average molecular weight is 476 g/mol. The van der Waals surface area contributed by atoms with Gasteiger partial charge in [-0.1, -0.05) is 36.2 Å². The number of benzene rings is 2. The van der Waals surface area contributed by atoms with E-state index in [0.717, 1.165) is 24.0 Å². The Labute approximate surface area is 194 Å². The van der Waals surface area contributed by atoms with Gasteiger partial charge in [-0.3, -0.25) is 9.59 Å². The van der Waals surface area contributed by atoms with Gasteiger partial charge in [-0.15, -0.1) is 0 Å². The summed E-state index contributed by atoms with van der Waals surface area (Å²) in [4.78, 5) is 24.4. The van der Waals surface area contributed by atoms with Crippen molar-refractivity contribution < 1.29 is 22.4 Å². The molecule has 0 unspecified atom stereocenters. The van der Waals surface area contributed by atoms with E-state index >= 15 is 0 Å². The van der Waals surface area contributed by atoms with Crippen molar-refractivity contribution in [2.45, 2.75) is 50.0 Å². The molecule has 2 amide bonds. The van der Waals surface area contributed by atoms with Crippen LogP contribution in [0.2, 0.25) is 0 Å². The smallest absolute Gasteiger partial charge is 0.309 e. The maximum Gasteiger partial charge on any atom is 0.309 e. The van der Waals surface area contributed by atoms with Gasteiger partial charge in [0, 0.05) is 25.7 Å². The number of hydrogen-bond acceptors (Lipinski definition) is 4.